The van der Waals surface area contributed by atoms with E-state index in [0.717, 1.165) is 53.5 Å². The second-order valence-electron chi connectivity index (χ2n) is 7.18. The molecule has 0 saturated carbocycles. The van der Waals surface area contributed by atoms with Crippen LogP contribution < -0.4 is 4.90 Å². The molecule has 1 aliphatic heterocycles. The molecule has 0 amide bonds. The van der Waals surface area contributed by atoms with E-state index in [2.05, 4.69) is 41.0 Å². The fourth-order valence-corrected chi connectivity index (χ4v) is 3.51. The predicted octanol–water partition coefficient (Wildman–Crippen LogP) is 4.36. The Morgan fingerprint density at radius 2 is 1.82 bits per heavy atom. The van der Waals surface area contributed by atoms with Gasteiger partial charge in [-0.05, 0) is 51.3 Å². The summed E-state index contributed by atoms with van der Waals surface area (Å²) in [6.07, 6.45) is 2.77. The maximum Gasteiger partial charge on any atom is 0.159 e. The lowest BCUT2D eigenvalue weighted by Gasteiger charge is -2.26. The van der Waals surface area contributed by atoms with Gasteiger partial charge in [-0.2, -0.15) is 0 Å². The maximum atomic E-state index is 10.2. The quantitative estimate of drug-likeness (QED) is 0.723. The Kier molecular flexibility index (Phi) is 5.08. The van der Waals surface area contributed by atoms with E-state index in [0.29, 0.717) is 0 Å². The van der Waals surface area contributed by atoms with Crippen molar-refractivity contribution < 1.29 is 5.11 Å². The Labute approximate surface area is 165 Å². The molecule has 4 rings (SSSR count). The molecule has 5 nitrogen and oxygen atoms in total. The molecule has 5 heteroatoms. The van der Waals surface area contributed by atoms with Gasteiger partial charge in [0.1, 0.15) is 11.4 Å². The van der Waals surface area contributed by atoms with Crippen molar-refractivity contribution in [2.24, 2.45) is 4.99 Å². The average molecular weight is 372 g/mol. The number of benzene rings is 2. The summed E-state index contributed by atoms with van der Waals surface area (Å²) in [6.45, 7) is 1.76. The van der Waals surface area contributed by atoms with Crippen LogP contribution in [0.3, 0.4) is 0 Å². The summed E-state index contributed by atoms with van der Waals surface area (Å²) >= 11 is 0. The van der Waals surface area contributed by atoms with Gasteiger partial charge in [0.15, 0.2) is 5.82 Å². The molecule has 2 heterocycles. The standard InChI is InChI=1S/C23H24N4O/c1-26(2)14-7-15-27-21-16-18(28)11-12-19(21)22(17-8-4-3-5-9-17)25-20-10-6-13-24-23(20)27/h3-6,8-13,16,28H,7,14-15H2,1-2H3. The van der Waals surface area contributed by atoms with Crippen LogP contribution in [0.2, 0.25) is 0 Å². The Bertz CT molecular complexity index is 998. The highest BCUT2D eigenvalue weighted by molar-refractivity contribution is 6.18. The molecule has 0 fully saturated rings. The molecule has 3 aromatic rings. The fourth-order valence-electron chi connectivity index (χ4n) is 3.51. The van der Waals surface area contributed by atoms with E-state index in [1.165, 1.54) is 0 Å². The number of nitrogens with zero attached hydrogens (tertiary/aromatic N) is 4. The first kappa shape index (κ1) is 18.2. The first-order chi connectivity index (χ1) is 13.6. The van der Waals surface area contributed by atoms with Crippen molar-refractivity contribution >= 4 is 22.9 Å². The normalized spacial score (nSPS) is 13.0. The molecule has 1 aromatic heterocycles. The molecule has 0 radical (unpaired) electrons. The number of hydrogen-bond acceptors (Lipinski definition) is 5. The highest BCUT2D eigenvalue weighted by atomic mass is 16.3. The SMILES string of the molecule is CN(C)CCCN1c2cc(O)ccc2C(c2ccccc2)=Nc2cccnc21. The molecule has 28 heavy (non-hydrogen) atoms. The lowest BCUT2D eigenvalue weighted by molar-refractivity contribution is 0.402. The zero-order chi connectivity index (χ0) is 19.5. The number of hydrogen-bond donors (Lipinski definition) is 1. The molecule has 1 aliphatic rings. The fraction of sp³-hybridized carbons (Fsp3) is 0.217. The molecular formula is C23H24N4O. The van der Waals surface area contributed by atoms with Gasteiger partial charge in [-0.1, -0.05) is 30.3 Å². The molecule has 2 aromatic carbocycles. The third kappa shape index (κ3) is 3.62. The summed E-state index contributed by atoms with van der Waals surface area (Å²) in [5.74, 6) is 1.06. The highest BCUT2D eigenvalue weighted by Gasteiger charge is 2.25. The summed E-state index contributed by atoms with van der Waals surface area (Å²) in [5, 5.41) is 10.2. The number of aromatic hydroxyl groups is 1. The zero-order valence-electron chi connectivity index (χ0n) is 16.2. The zero-order valence-corrected chi connectivity index (χ0v) is 16.2. The van der Waals surface area contributed by atoms with Crippen LogP contribution in [0, 0.1) is 0 Å². The van der Waals surface area contributed by atoms with E-state index < -0.39 is 0 Å². The molecule has 0 aliphatic carbocycles. The van der Waals surface area contributed by atoms with E-state index >= 15 is 0 Å². The Morgan fingerprint density at radius 3 is 2.61 bits per heavy atom. The second-order valence-corrected chi connectivity index (χ2v) is 7.18. The lowest BCUT2D eigenvalue weighted by Crippen LogP contribution is -2.24. The highest BCUT2D eigenvalue weighted by Crippen LogP contribution is 2.40. The molecule has 142 valence electrons. The Hall–Kier alpha value is -3.18. The Balaban J connectivity index is 1.89. The van der Waals surface area contributed by atoms with E-state index in [4.69, 9.17) is 4.99 Å². The number of fused-ring (bicyclic) bond motifs is 2. The van der Waals surface area contributed by atoms with Crippen molar-refractivity contribution in [1.82, 2.24) is 9.88 Å². The number of pyridine rings is 1. The number of phenols is 1. The topological polar surface area (TPSA) is 52.0 Å². The van der Waals surface area contributed by atoms with E-state index in [9.17, 15) is 5.11 Å². The van der Waals surface area contributed by atoms with Gasteiger partial charge in [-0.25, -0.2) is 9.98 Å². The van der Waals surface area contributed by atoms with Crippen molar-refractivity contribution in [3.8, 4) is 5.75 Å². The van der Waals surface area contributed by atoms with Gasteiger partial charge in [-0.3, -0.25) is 0 Å². The van der Waals surface area contributed by atoms with Gasteiger partial charge < -0.3 is 14.9 Å². The molecule has 0 unspecified atom stereocenters. The van der Waals surface area contributed by atoms with E-state index in [-0.39, 0.29) is 5.75 Å². The van der Waals surface area contributed by atoms with Crippen molar-refractivity contribution in [2.75, 3.05) is 32.1 Å². The number of aromatic nitrogens is 1. The van der Waals surface area contributed by atoms with Crippen LogP contribution in [0.25, 0.3) is 0 Å². The molecule has 0 saturated heterocycles. The molecule has 1 N–H and O–H groups in total. The summed E-state index contributed by atoms with van der Waals surface area (Å²) in [4.78, 5) is 14.0. The van der Waals surface area contributed by atoms with Crippen molar-refractivity contribution in [3.05, 3.63) is 78.0 Å². The van der Waals surface area contributed by atoms with Gasteiger partial charge in [0.2, 0.25) is 0 Å². The van der Waals surface area contributed by atoms with Crippen LogP contribution >= 0.6 is 0 Å². The van der Waals surface area contributed by atoms with Gasteiger partial charge in [0, 0.05) is 29.9 Å². The van der Waals surface area contributed by atoms with Crippen molar-refractivity contribution in [3.63, 3.8) is 0 Å². The van der Waals surface area contributed by atoms with Crippen LogP contribution in [0.4, 0.5) is 17.2 Å². The largest absolute Gasteiger partial charge is 0.508 e. The van der Waals surface area contributed by atoms with Crippen LogP contribution in [0.5, 0.6) is 5.75 Å². The lowest BCUT2D eigenvalue weighted by atomic mass is 10.00. The van der Waals surface area contributed by atoms with Crippen LogP contribution in [-0.2, 0) is 0 Å². The van der Waals surface area contributed by atoms with Gasteiger partial charge in [0.25, 0.3) is 0 Å². The minimum atomic E-state index is 0.239. The van der Waals surface area contributed by atoms with Crippen LogP contribution in [0.1, 0.15) is 17.5 Å². The maximum absolute atomic E-state index is 10.2. The molecular weight excluding hydrogens is 348 g/mol. The molecule has 0 spiro atoms. The van der Waals surface area contributed by atoms with Gasteiger partial charge in [0.05, 0.1) is 11.4 Å². The van der Waals surface area contributed by atoms with E-state index in [1.54, 1.807) is 12.3 Å². The minimum Gasteiger partial charge on any atom is -0.508 e. The van der Waals surface area contributed by atoms with Crippen LogP contribution in [0.15, 0.2) is 71.9 Å². The molecule has 0 atom stereocenters. The minimum absolute atomic E-state index is 0.239. The number of phenolic OH excluding ortho intramolecular Hbond substituents is 1. The van der Waals surface area contributed by atoms with Gasteiger partial charge >= 0.3 is 0 Å². The van der Waals surface area contributed by atoms with E-state index in [1.807, 2.05) is 42.5 Å². The smallest absolute Gasteiger partial charge is 0.159 e. The van der Waals surface area contributed by atoms with Crippen molar-refractivity contribution in [1.29, 1.82) is 0 Å². The Morgan fingerprint density at radius 1 is 1.00 bits per heavy atom. The van der Waals surface area contributed by atoms with Crippen molar-refractivity contribution in [2.45, 2.75) is 6.42 Å². The monoisotopic (exact) mass is 372 g/mol. The second kappa shape index (κ2) is 7.82. The van der Waals surface area contributed by atoms with Crippen LogP contribution in [-0.4, -0.2) is 47.9 Å². The summed E-state index contributed by atoms with van der Waals surface area (Å²) in [5.41, 5.74) is 4.69. The summed E-state index contributed by atoms with van der Waals surface area (Å²) in [7, 11) is 4.15. The first-order valence-electron chi connectivity index (χ1n) is 9.48. The third-order valence-electron chi connectivity index (χ3n) is 4.82. The third-order valence-corrected chi connectivity index (χ3v) is 4.82. The molecule has 0 bridgehead atoms. The summed E-state index contributed by atoms with van der Waals surface area (Å²) in [6, 6.07) is 19.5. The first-order valence-corrected chi connectivity index (χ1v) is 9.48. The van der Waals surface area contributed by atoms with Gasteiger partial charge in [-0.15, -0.1) is 0 Å². The number of anilines is 2. The average Bonchev–Trinajstić information content (AvgIpc) is 2.83. The number of rotatable bonds is 5. The predicted molar refractivity (Wildman–Crippen MR) is 114 cm³/mol. The summed E-state index contributed by atoms with van der Waals surface area (Å²) < 4.78 is 0. The number of aliphatic imine (C=N–C) groups is 1.